The number of aryl methyl sites for hydroxylation is 1. The summed E-state index contributed by atoms with van der Waals surface area (Å²) in [7, 11) is 0. The molecule has 1 aliphatic rings. The zero-order valence-corrected chi connectivity index (χ0v) is 12.1. The molecule has 1 aliphatic heterocycles. The van der Waals surface area contributed by atoms with Crippen molar-refractivity contribution in [3.8, 4) is 0 Å². The van der Waals surface area contributed by atoms with Crippen molar-refractivity contribution in [2.75, 3.05) is 13.2 Å². The van der Waals surface area contributed by atoms with Gasteiger partial charge in [0.1, 0.15) is 0 Å². The molecule has 0 amide bonds. The highest BCUT2D eigenvalue weighted by atomic mass is 16.5. The molecule has 0 bridgehead atoms. The molecule has 0 radical (unpaired) electrons. The molecule has 104 valence electrons. The molecular weight excluding hydrogens is 234 g/mol. The third-order valence-electron chi connectivity index (χ3n) is 3.65. The van der Waals surface area contributed by atoms with Crippen molar-refractivity contribution >= 4 is 0 Å². The Bertz CT molecular complexity index is 408. The largest absolute Gasteiger partial charge is 0.501 e. The van der Waals surface area contributed by atoms with Crippen LogP contribution in [0.25, 0.3) is 0 Å². The highest BCUT2D eigenvalue weighted by molar-refractivity contribution is 5.31. The maximum Gasteiger partial charge on any atom is 0.0876 e. The number of hydrogen-bond acceptors (Lipinski definition) is 2. The molecule has 1 aromatic rings. The van der Waals surface area contributed by atoms with Crippen LogP contribution in [0, 0.1) is 0 Å². The van der Waals surface area contributed by atoms with Crippen molar-refractivity contribution in [2.45, 2.75) is 45.6 Å². The summed E-state index contributed by atoms with van der Waals surface area (Å²) in [6, 6.07) is 9.29. The predicted molar refractivity (Wildman–Crippen MR) is 80.1 cm³/mol. The van der Waals surface area contributed by atoms with Gasteiger partial charge in [-0.05, 0) is 48.9 Å². The maximum absolute atomic E-state index is 5.51. The van der Waals surface area contributed by atoms with Crippen LogP contribution in [-0.2, 0) is 11.2 Å². The molecular formula is C17H25NO. The third kappa shape index (κ3) is 3.84. The Morgan fingerprint density at radius 3 is 2.58 bits per heavy atom. The lowest BCUT2D eigenvalue weighted by Crippen LogP contribution is -2.25. The minimum atomic E-state index is 0.311. The molecule has 2 nitrogen and oxygen atoms in total. The Kier molecular flexibility index (Phi) is 5.46. The molecule has 2 rings (SSSR count). The first-order valence-electron chi connectivity index (χ1n) is 7.48. The van der Waals surface area contributed by atoms with E-state index in [9.17, 15) is 0 Å². The van der Waals surface area contributed by atoms with Crippen LogP contribution in [0.15, 0.2) is 36.1 Å². The molecule has 0 aliphatic carbocycles. The van der Waals surface area contributed by atoms with Crippen LogP contribution in [-0.4, -0.2) is 13.2 Å². The SMILES string of the molecule is CCCNC(C1=COCCC1)c1ccc(CC)cc1. The van der Waals surface area contributed by atoms with Crippen LogP contribution in [0.2, 0.25) is 0 Å². The van der Waals surface area contributed by atoms with Crippen LogP contribution in [0.3, 0.4) is 0 Å². The van der Waals surface area contributed by atoms with E-state index in [-0.39, 0.29) is 0 Å². The summed E-state index contributed by atoms with van der Waals surface area (Å²) in [5.41, 5.74) is 4.12. The van der Waals surface area contributed by atoms with E-state index in [1.807, 2.05) is 6.26 Å². The third-order valence-corrected chi connectivity index (χ3v) is 3.65. The molecule has 1 unspecified atom stereocenters. The fourth-order valence-corrected chi connectivity index (χ4v) is 2.49. The molecule has 0 saturated heterocycles. The summed E-state index contributed by atoms with van der Waals surface area (Å²) in [6.07, 6.45) is 6.47. The number of nitrogens with one attached hydrogen (secondary N) is 1. The summed E-state index contributed by atoms with van der Waals surface area (Å²) in [5, 5.41) is 3.64. The number of benzene rings is 1. The highest BCUT2D eigenvalue weighted by Gasteiger charge is 2.18. The summed E-state index contributed by atoms with van der Waals surface area (Å²) in [5.74, 6) is 0. The summed E-state index contributed by atoms with van der Waals surface area (Å²) in [6.45, 7) is 6.30. The summed E-state index contributed by atoms with van der Waals surface area (Å²) >= 11 is 0. The zero-order valence-electron chi connectivity index (χ0n) is 12.1. The van der Waals surface area contributed by atoms with Crippen LogP contribution in [0.5, 0.6) is 0 Å². The van der Waals surface area contributed by atoms with Crippen molar-refractivity contribution in [1.29, 1.82) is 0 Å². The van der Waals surface area contributed by atoms with Crippen molar-refractivity contribution < 1.29 is 4.74 Å². The lowest BCUT2D eigenvalue weighted by molar-refractivity contribution is 0.219. The van der Waals surface area contributed by atoms with E-state index in [1.165, 1.54) is 16.7 Å². The number of hydrogen-bond donors (Lipinski definition) is 1. The molecule has 1 atom stereocenters. The van der Waals surface area contributed by atoms with E-state index in [0.29, 0.717) is 6.04 Å². The van der Waals surface area contributed by atoms with Gasteiger partial charge < -0.3 is 10.1 Å². The van der Waals surface area contributed by atoms with E-state index in [1.54, 1.807) is 0 Å². The van der Waals surface area contributed by atoms with Gasteiger partial charge in [-0.1, -0.05) is 38.1 Å². The van der Waals surface area contributed by atoms with E-state index in [2.05, 4.69) is 43.4 Å². The standard InChI is InChI=1S/C17H25NO/c1-3-11-18-17(16-6-5-12-19-13-16)15-9-7-14(4-2)8-10-15/h7-10,13,17-18H,3-6,11-12H2,1-2H3. The average Bonchev–Trinajstić information content (AvgIpc) is 2.49. The first-order valence-corrected chi connectivity index (χ1v) is 7.48. The molecule has 2 heteroatoms. The molecule has 0 saturated carbocycles. The molecule has 19 heavy (non-hydrogen) atoms. The second-order valence-corrected chi connectivity index (χ2v) is 5.15. The van der Waals surface area contributed by atoms with E-state index in [0.717, 1.165) is 38.8 Å². The van der Waals surface area contributed by atoms with Gasteiger partial charge in [-0.15, -0.1) is 0 Å². The van der Waals surface area contributed by atoms with Crippen LogP contribution in [0.4, 0.5) is 0 Å². The topological polar surface area (TPSA) is 21.3 Å². The minimum absolute atomic E-state index is 0.311. The zero-order chi connectivity index (χ0) is 13.5. The highest BCUT2D eigenvalue weighted by Crippen LogP contribution is 2.28. The fourth-order valence-electron chi connectivity index (χ4n) is 2.49. The minimum Gasteiger partial charge on any atom is -0.501 e. The van der Waals surface area contributed by atoms with Gasteiger partial charge >= 0.3 is 0 Å². The van der Waals surface area contributed by atoms with Gasteiger partial charge in [0.15, 0.2) is 0 Å². The number of rotatable bonds is 6. The van der Waals surface area contributed by atoms with Crippen LogP contribution in [0.1, 0.15) is 50.3 Å². The van der Waals surface area contributed by atoms with E-state index >= 15 is 0 Å². The second-order valence-electron chi connectivity index (χ2n) is 5.15. The van der Waals surface area contributed by atoms with Gasteiger partial charge in [0.25, 0.3) is 0 Å². The summed E-state index contributed by atoms with van der Waals surface area (Å²) in [4.78, 5) is 0. The lowest BCUT2D eigenvalue weighted by atomic mass is 9.94. The smallest absolute Gasteiger partial charge is 0.0876 e. The lowest BCUT2D eigenvalue weighted by Gasteiger charge is -2.25. The fraction of sp³-hybridized carbons (Fsp3) is 0.529. The van der Waals surface area contributed by atoms with Crippen molar-refractivity contribution in [3.63, 3.8) is 0 Å². The molecule has 0 aromatic heterocycles. The van der Waals surface area contributed by atoms with E-state index in [4.69, 9.17) is 4.74 Å². The van der Waals surface area contributed by atoms with E-state index < -0.39 is 0 Å². The van der Waals surface area contributed by atoms with Gasteiger partial charge in [-0.25, -0.2) is 0 Å². The van der Waals surface area contributed by atoms with Crippen LogP contribution < -0.4 is 5.32 Å². The molecule has 1 N–H and O–H groups in total. The van der Waals surface area contributed by atoms with Crippen molar-refractivity contribution in [2.24, 2.45) is 0 Å². The van der Waals surface area contributed by atoms with Gasteiger partial charge in [0, 0.05) is 0 Å². The Balaban J connectivity index is 2.17. The molecule has 1 aromatic carbocycles. The van der Waals surface area contributed by atoms with Gasteiger partial charge in [-0.3, -0.25) is 0 Å². The van der Waals surface area contributed by atoms with Crippen molar-refractivity contribution in [3.05, 3.63) is 47.2 Å². The quantitative estimate of drug-likeness (QED) is 0.834. The average molecular weight is 259 g/mol. The Morgan fingerprint density at radius 1 is 1.21 bits per heavy atom. The van der Waals surface area contributed by atoms with Crippen molar-refractivity contribution in [1.82, 2.24) is 5.32 Å². The predicted octanol–water partition coefficient (Wildman–Crippen LogP) is 3.98. The summed E-state index contributed by atoms with van der Waals surface area (Å²) < 4.78 is 5.51. The Morgan fingerprint density at radius 2 is 2.00 bits per heavy atom. The maximum atomic E-state index is 5.51. The monoisotopic (exact) mass is 259 g/mol. The van der Waals surface area contributed by atoms with Crippen LogP contribution >= 0.6 is 0 Å². The van der Waals surface area contributed by atoms with Gasteiger partial charge in [-0.2, -0.15) is 0 Å². The Hall–Kier alpha value is -1.28. The first kappa shape index (κ1) is 14.1. The van der Waals surface area contributed by atoms with Gasteiger partial charge in [0.05, 0.1) is 18.9 Å². The first-order chi connectivity index (χ1) is 9.35. The molecule has 0 spiro atoms. The molecule has 0 fully saturated rings. The molecule has 1 heterocycles. The number of ether oxygens (including phenoxy) is 1. The normalized spacial score (nSPS) is 16.6. The second kappa shape index (κ2) is 7.34. The Labute approximate surface area is 116 Å². The van der Waals surface area contributed by atoms with Gasteiger partial charge in [0.2, 0.25) is 0 Å².